The molecule has 5 heteroatoms. The second kappa shape index (κ2) is 6.97. The van der Waals surface area contributed by atoms with E-state index in [1.165, 1.54) is 15.3 Å². The molecule has 2 aliphatic heterocycles. The quantitative estimate of drug-likeness (QED) is 0.588. The van der Waals surface area contributed by atoms with Crippen LogP contribution in [0.15, 0.2) is 35.7 Å². The van der Waals surface area contributed by atoms with Crippen molar-refractivity contribution < 1.29 is 9.59 Å². The van der Waals surface area contributed by atoms with Crippen LogP contribution >= 0.6 is 11.3 Å². The van der Waals surface area contributed by atoms with Crippen molar-refractivity contribution in [3.05, 3.63) is 57.3 Å². The zero-order valence-corrected chi connectivity index (χ0v) is 16.1. The molecule has 26 heavy (non-hydrogen) atoms. The van der Waals surface area contributed by atoms with Crippen molar-refractivity contribution in [2.45, 2.75) is 45.2 Å². The Kier molecular flexibility index (Phi) is 4.67. The molecule has 0 aliphatic carbocycles. The number of thiophene rings is 1. The molecule has 4 nitrogen and oxygen atoms in total. The van der Waals surface area contributed by atoms with Gasteiger partial charge in [-0.3, -0.25) is 19.4 Å². The van der Waals surface area contributed by atoms with Gasteiger partial charge in [0.05, 0.1) is 11.1 Å². The molecule has 0 N–H and O–H groups in total. The van der Waals surface area contributed by atoms with Gasteiger partial charge in [-0.2, -0.15) is 0 Å². The number of carbonyl (C=O) groups is 2. The van der Waals surface area contributed by atoms with Crippen molar-refractivity contribution >= 4 is 23.2 Å². The van der Waals surface area contributed by atoms with Crippen LogP contribution < -0.4 is 0 Å². The molecule has 2 aliphatic rings. The molecule has 4 rings (SSSR count). The Hall–Kier alpha value is -1.98. The Morgan fingerprint density at radius 2 is 1.65 bits per heavy atom. The minimum Gasteiger partial charge on any atom is -0.293 e. The van der Waals surface area contributed by atoms with Gasteiger partial charge in [-0.05, 0) is 68.8 Å². The predicted octanol–water partition coefficient (Wildman–Crippen LogP) is 4.13. The lowest BCUT2D eigenvalue weighted by Gasteiger charge is -2.39. The Morgan fingerprint density at radius 3 is 2.35 bits per heavy atom. The molecule has 0 unspecified atom stereocenters. The number of imide groups is 1. The van der Waals surface area contributed by atoms with Crippen LogP contribution in [0.25, 0.3) is 0 Å². The molecule has 136 valence electrons. The maximum Gasteiger partial charge on any atom is 0.261 e. The minimum atomic E-state index is -0.145. The van der Waals surface area contributed by atoms with Crippen LogP contribution in [0.3, 0.4) is 0 Å². The average molecular weight is 369 g/mol. The summed E-state index contributed by atoms with van der Waals surface area (Å²) in [4.78, 5) is 30.3. The molecule has 2 amide bonds. The minimum absolute atomic E-state index is 0.145. The molecule has 2 aromatic rings. The fourth-order valence-electron chi connectivity index (χ4n) is 4.27. The summed E-state index contributed by atoms with van der Waals surface area (Å²) in [5.74, 6) is -0.290. The van der Waals surface area contributed by atoms with Gasteiger partial charge < -0.3 is 0 Å². The van der Waals surface area contributed by atoms with E-state index in [1.54, 1.807) is 12.1 Å². The lowest BCUT2D eigenvalue weighted by atomic mass is 9.96. The molecule has 2 atom stereocenters. The molecule has 0 spiro atoms. The van der Waals surface area contributed by atoms with Crippen LogP contribution in [-0.2, 0) is 6.42 Å². The summed E-state index contributed by atoms with van der Waals surface area (Å²) in [5, 5.41) is 2.19. The molecule has 0 bridgehead atoms. The van der Waals surface area contributed by atoms with E-state index in [2.05, 4.69) is 30.2 Å². The molecule has 0 saturated heterocycles. The van der Waals surface area contributed by atoms with Crippen LogP contribution in [0.5, 0.6) is 0 Å². The summed E-state index contributed by atoms with van der Waals surface area (Å²) in [6, 6.07) is 10.3. The summed E-state index contributed by atoms with van der Waals surface area (Å²) in [5.41, 5.74) is 2.58. The molecule has 1 aromatic carbocycles. The van der Waals surface area contributed by atoms with Gasteiger partial charge >= 0.3 is 0 Å². The number of fused-ring (bicyclic) bond motifs is 2. The molecule has 0 saturated carbocycles. The Balaban J connectivity index is 1.33. The molecule has 0 radical (unpaired) electrons. The third-order valence-electron chi connectivity index (χ3n) is 5.67. The number of nitrogens with zero attached hydrogens (tertiary/aromatic N) is 2. The standard InChI is InChI=1S/C21H24N2O2S/c1-14-13-16-9-12-26-19(16)15(2)22(14)10-5-6-11-23-20(24)17-7-3-4-8-18(17)21(23)25/h3-4,7-9,12,14-15H,5-6,10-11,13H2,1-2H3/t14-,15+/m1/s1. The van der Waals surface area contributed by atoms with Crippen LogP contribution in [0.2, 0.25) is 0 Å². The number of benzene rings is 1. The van der Waals surface area contributed by atoms with Crippen LogP contribution in [-0.4, -0.2) is 40.7 Å². The summed E-state index contributed by atoms with van der Waals surface area (Å²) in [6.07, 6.45) is 2.95. The van der Waals surface area contributed by atoms with Gasteiger partial charge in [0.2, 0.25) is 0 Å². The van der Waals surface area contributed by atoms with Gasteiger partial charge in [0, 0.05) is 23.5 Å². The molecular formula is C21H24N2O2S. The topological polar surface area (TPSA) is 40.6 Å². The maximum atomic E-state index is 12.4. The van der Waals surface area contributed by atoms with Gasteiger partial charge in [-0.25, -0.2) is 0 Å². The van der Waals surface area contributed by atoms with Gasteiger partial charge in [-0.1, -0.05) is 12.1 Å². The fourth-order valence-corrected chi connectivity index (χ4v) is 5.29. The summed E-state index contributed by atoms with van der Waals surface area (Å²) < 4.78 is 0. The maximum absolute atomic E-state index is 12.4. The van der Waals surface area contributed by atoms with E-state index in [1.807, 2.05) is 23.5 Å². The summed E-state index contributed by atoms with van der Waals surface area (Å²) in [6.45, 7) is 6.09. The number of hydrogen-bond acceptors (Lipinski definition) is 4. The highest BCUT2D eigenvalue weighted by Crippen LogP contribution is 2.36. The van der Waals surface area contributed by atoms with Crippen LogP contribution in [0.1, 0.15) is 63.9 Å². The van der Waals surface area contributed by atoms with Gasteiger partial charge in [0.25, 0.3) is 11.8 Å². The van der Waals surface area contributed by atoms with Crippen LogP contribution in [0, 0.1) is 0 Å². The second-order valence-corrected chi connectivity index (χ2v) is 8.24. The second-order valence-electron chi connectivity index (χ2n) is 7.29. The van der Waals surface area contributed by atoms with E-state index in [0.717, 1.165) is 25.8 Å². The third-order valence-corrected chi connectivity index (χ3v) is 6.79. The van der Waals surface area contributed by atoms with Crippen LogP contribution in [0.4, 0.5) is 0 Å². The number of carbonyl (C=O) groups excluding carboxylic acids is 2. The third kappa shape index (κ3) is 2.89. The van der Waals surface area contributed by atoms with E-state index in [-0.39, 0.29) is 11.8 Å². The molecular weight excluding hydrogens is 344 g/mol. The lowest BCUT2D eigenvalue weighted by Crippen LogP contribution is -2.41. The first-order valence-electron chi connectivity index (χ1n) is 9.35. The molecule has 3 heterocycles. The van der Waals surface area contributed by atoms with E-state index in [4.69, 9.17) is 0 Å². The summed E-state index contributed by atoms with van der Waals surface area (Å²) >= 11 is 1.85. The fraction of sp³-hybridized carbons (Fsp3) is 0.429. The monoisotopic (exact) mass is 368 g/mol. The van der Waals surface area contributed by atoms with Crippen molar-refractivity contribution in [3.63, 3.8) is 0 Å². The van der Waals surface area contributed by atoms with Crippen molar-refractivity contribution in [1.82, 2.24) is 9.80 Å². The molecule has 0 fully saturated rings. The average Bonchev–Trinajstić information content (AvgIpc) is 3.19. The lowest BCUT2D eigenvalue weighted by molar-refractivity contribution is 0.0646. The first-order valence-corrected chi connectivity index (χ1v) is 10.2. The number of hydrogen-bond donors (Lipinski definition) is 0. The van der Waals surface area contributed by atoms with E-state index >= 15 is 0 Å². The number of amides is 2. The SMILES string of the molecule is C[C@@H]1Cc2ccsc2[C@H](C)N1CCCCN1C(=O)c2ccccc2C1=O. The Morgan fingerprint density at radius 1 is 1.00 bits per heavy atom. The van der Waals surface area contributed by atoms with Gasteiger partial charge in [0.15, 0.2) is 0 Å². The van der Waals surface area contributed by atoms with E-state index in [0.29, 0.717) is 29.8 Å². The highest BCUT2D eigenvalue weighted by atomic mass is 32.1. The van der Waals surface area contributed by atoms with Crippen molar-refractivity contribution in [2.24, 2.45) is 0 Å². The highest BCUT2D eigenvalue weighted by Gasteiger charge is 2.34. The first kappa shape index (κ1) is 17.4. The molecule has 1 aromatic heterocycles. The first-order chi connectivity index (χ1) is 12.6. The zero-order valence-electron chi connectivity index (χ0n) is 15.3. The number of unbranched alkanes of at least 4 members (excludes halogenated alkanes) is 1. The van der Waals surface area contributed by atoms with Gasteiger partial charge in [-0.15, -0.1) is 11.3 Å². The largest absolute Gasteiger partial charge is 0.293 e. The predicted molar refractivity (Wildman–Crippen MR) is 104 cm³/mol. The zero-order chi connectivity index (χ0) is 18.3. The normalized spacial score (nSPS) is 22.6. The van der Waals surface area contributed by atoms with Crippen molar-refractivity contribution in [3.8, 4) is 0 Å². The summed E-state index contributed by atoms with van der Waals surface area (Å²) in [7, 11) is 0. The van der Waals surface area contributed by atoms with E-state index in [9.17, 15) is 9.59 Å². The highest BCUT2D eigenvalue weighted by molar-refractivity contribution is 7.10. The smallest absolute Gasteiger partial charge is 0.261 e. The Labute approximate surface area is 158 Å². The van der Waals surface area contributed by atoms with Crippen molar-refractivity contribution in [2.75, 3.05) is 13.1 Å². The number of rotatable bonds is 5. The van der Waals surface area contributed by atoms with Gasteiger partial charge in [0.1, 0.15) is 0 Å². The van der Waals surface area contributed by atoms with Crippen molar-refractivity contribution in [1.29, 1.82) is 0 Å². The van der Waals surface area contributed by atoms with E-state index < -0.39 is 0 Å². The Bertz CT molecular complexity index is 809.